The Labute approximate surface area is 186 Å². The monoisotopic (exact) mass is 466 g/mol. The van der Waals surface area contributed by atoms with Gasteiger partial charge in [0.05, 0.1) is 19.8 Å². The highest BCUT2D eigenvalue weighted by Crippen LogP contribution is 2.32. The number of carbonyl (C=O) groups excluding carboxylic acids is 2. The smallest absolute Gasteiger partial charge is 0.337 e. The van der Waals surface area contributed by atoms with Gasteiger partial charge >= 0.3 is 5.97 Å². The number of hydrogen-bond donors (Lipinski definition) is 1. The number of rotatable bonds is 6. The number of ether oxygens (including phenoxy) is 2. The SMILES string of the molecule is COC(=O)c1ccc(NC(=O)C2CCN(S(=O)(=O)c3cc(Cl)ccc3OC)CC2)cc1. The van der Waals surface area contributed by atoms with E-state index in [0.29, 0.717) is 29.1 Å². The van der Waals surface area contributed by atoms with Gasteiger partial charge in [-0.25, -0.2) is 13.2 Å². The van der Waals surface area contributed by atoms with Crippen LogP contribution in [0.25, 0.3) is 0 Å². The molecule has 0 atom stereocenters. The number of nitrogens with one attached hydrogen (secondary N) is 1. The molecule has 1 heterocycles. The molecule has 166 valence electrons. The molecule has 0 spiro atoms. The number of methoxy groups -OCH3 is 2. The molecule has 31 heavy (non-hydrogen) atoms. The Balaban J connectivity index is 1.63. The molecule has 0 aromatic heterocycles. The second kappa shape index (κ2) is 9.67. The van der Waals surface area contributed by atoms with E-state index in [2.05, 4.69) is 10.1 Å². The minimum atomic E-state index is -3.80. The Morgan fingerprint density at radius 3 is 2.29 bits per heavy atom. The molecule has 0 aliphatic carbocycles. The van der Waals surface area contributed by atoms with Crippen molar-refractivity contribution in [2.24, 2.45) is 5.92 Å². The highest BCUT2D eigenvalue weighted by molar-refractivity contribution is 7.89. The molecule has 1 N–H and O–H groups in total. The van der Waals surface area contributed by atoms with E-state index in [9.17, 15) is 18.0 Å². The minimum absolute atomic E-state index is 0.0103. The number of anilines is 1. The van der Waals surface area contributed by atoms with Crippen LogP contribution >= 0.6 is 11.6 Å². The fourth-order valence-electron chi connectivity index (χ4n) is 3.40. The van der Waals surface area contributed by atoms with Crippen molar-refractivity contribution in [2.75, 3.05) is 32.6 Å². The molecule has 0 unspecified atom stereocenters. The summed E-state index contributed by atoms with van der Waals surface area (Å²) in [5.41, 5.74) is 0.937. The third-order valence-electron chi connectivity index (χ3n) is 5.14. The summed E-state index contributed by atoms with van der Waals surface area (Å²) in [6.07, 6.45) is 0.766. The zero-order valence-corrected chi connectivity index (χ0v) is 18.7. The Hall–Kier alpha value is -2.62. The van der Waals surface area contributed by atoms with Gasteiger partial charge in [-0.2, -0.15) is 4.31 Å². The highest BCUT2D eigenvalue weighted by Gasteiger charge is 2.33. The number of nitrogens with zero attached hydrogens (tertiary/aromatic N) is 1. The van der Waals surface area contributed by atoms with Crippen LogP contribution in [-0.2, 0) is 19.6 Å². The molecule has 8 nitrogen and oxygen atoms in total. The van der Waals surface area contributed by atoms with E-state index in [1.165, 1.54) is 30.7 Å². The Kier molecular flexibility index (Phi) is 7.19. The van der Waals surface area contributed by atoms with Crippen LogP contribution in [-0.4, -0.2) is 51.9 Å². The maximum absolute atomic E-state index is 13.0. The Bertz CT molecular complexity index is 1060. The van der Waals surface area contributed by atoms with Gasteiger partial charge < -0.3 is 14.8 Å². The molecule has 0 bridgehead atoms. The van der Waals surface area contributed by atoms with Gasteiger partial charge in [-0.05, 0) is 55.3 Å². The van der Waals surface area contributed by atoms with Crippen molar-refractivity contribution in [3.8, 4) is 5.75 Å². The summed E-state index contributed by atoms with van der Waals surface area (Å²) >= 11 is 5.98. The van der Waals surface area contributed by atoms with E-state index in [1.807, 2.05) is 0 Å². The number of carbonyl (C=O) groups is 2. The second-order valence-corrected chi connectivity index (χ2v) is 9.37. The minimum Gasteiger partial charge on any atom is -0.495 e. The lowest BCUT2D eigenvalue weighted by Gasteiger charge is -2.31. The normalized spacial score (nSPS) is 15.3. The summed E-state index contributed by atoms with van der Waals surface area (Å²) in [7, 11) is -1.10. The van der Waals surface area contributed by atoms with E-state index >= 15 is 0 Å². The summed E-state index contributed by atoms with van der Waals surface area (Å²) in [5, 5.41) is 3.11. The molecule has 0 saturated carbocycles. The number of benzene rings is 2. The van der Waals surface area contributed by atoms with Gasteiger partial charge in [0.15, 0.2) is 0 Å². The summed E-state index contributed by atoms with van der Waals surface area (Å²) in [6.45, 7) is 0.411. The van der Waals surface area contributed by atoms with Crippen molar-refractivity contribution in [1.29, 1.82) is 0 Å². The number of piperidine rings is 1. The van der Waals surface area contributed by atoms with Crippen molar-refractivity contribution in [1.82, 2.24) is 4.31 Å². The summed E-state index contributed by atoms with van der Waals surface area (Å²) in [5.74, 6) is -0.751. The van der Waals surface area contributed by atoms with Crippen LogP contribution in [0.5, 0.6) is 5.75 Å². The van der Waals surface area contributed by atoms with Crippen LogP contribution in [0.1, 0.15) is 23.2 Å². The lowest BCUT2D eigenvalue weighted by molar-refractivity contribution is -0.120. The van der Waals surface area contributed by atoms with Crippen molar-refractivity contribution >= 4 is 39.2 Å². The largest absolute Gasteiger partial charge is 0.495 e. The fraction of sp³-hybridized carbons (Fsp3) is 0.333. The zero-order valence-electron chi connectivity index (χ0n) is 17.1. The Morgan fingerprint density at radius 1 is 1.06 bits per heavy atom. The number of amides is 1. The van der Waals surface area contributed by atoms with Crippen molar-refractivity contribution in [2.45, 2.75) is 17.7 Å². The van der Waals surface area contributed by atoms with Crippen LogP contribution in [0.15, 0.2) is 47.4 Å². The van der Waals surface area contributed by atoms with Crippen LogP contribution in [0, 0.1) is 5.92 Å². The van der Waals surface area contributed by atoms with Crippen LogP contribution in [0.2, 0.25) is 5.02 Å². The van der Waals surface area contributed by atoms with E-state index in [1.54, 1.807) is 30.3 Å². The standard InChI is InChI=1S/C21H23ClN2O6S/c1-29-18-8-5-16(22)13-19(18)31(27,28)24-11-9-14(10-12-24)20(25)23-17-6-3-15(4-7-17)21(26)30-2/h3-8,13-14H,9-12H2,1-2H3,(H,23,25). The summed E-state index contributed by atoms with van der Waals surface area (Å²) < 4.78 is 37.3. The first-order valence-electron chi connectivity index (χ1n) is 9.59. The number of sulfonamides is 1. The maximum Gasteiger partial charge on any atom is 0.337 e. The predicted octanol–water partition coefficient (Wildman–Crippen LogP) is 3.17. The molecular weight excluding hydrogens is 444 g/mol. The lowest BCUT2D eigenvalue weighted by Crippen LogP contribution is -2.41. The molecule has 1 amide bonds. The van der Waals surface area contributed by atoms with E-state index in [0.717, 1.165) is 0 Å². The van der Waals surface area contributed by atoms with Gasteiger partial charge in [0.2, 0.25) is 15.9 Å². The molecule has 3 rings (SSSR count). The lowest BCUT2D eigenvalue weighted by atomic mass is 9.97. The summed E-state index contributed by atoms with van der Waals surface area (Å²) in [6, 6.07) is 10.8. The van der Waals surface area contributed by atoms with Gasteiger partial charge in [0.25, 0.3) is 0 Å². The molecule has 1 saturated heterocycles. The van der Waals surface area contributed by atoms with E-state index in [4.69, 9.17) is 16.3 Å². The quantitative estimate of drug-likeness (QED) is 0.656. The van der Waals surface area contributed by atoms with Crippen LogP contribution in [0.4, 0.5) is 5.69 Å². The molecule has 1 aliphatic rings. The Morgan fingerprint density at radius 2 is 1.71 bits per heavy atom. The van der Waals surface area contributed by atoms with Gasteiger partial charge in [0, 0.05) is 29.7 Å². The molecule has 1 aliphatic heterocycles. The van der Waals surface area contributed by atoms with Crippen LogP contribution in [0.3, 0.4) is 0 Å². The molecular formula is C21H23ClN2O6S. The fourth-order valence-corrected chi connectivity index (χ4v) is 5.29. The molecule has 1 fully saturated rings. The first-order valence-corrected chi connectivity index (χ1v) is 11.4. The first-order chi connectivity index (χ1) is 14.8. The molecule has 0 radical (unpaired) electrons. The highest BCUT2D eigenvalue weighted by atomic mass is 35.5. The zero-order chi connectivity index (χ0) is 22.6. The third-order valence-corrected chi connectivity index (χ3v) is 7.30. The molecule has 2 aromatic rings. The van der Waals surface area contributed by atoms with Gasteiger partial charge in [-0.15, -0.1) is 0 Å². The van der Waals surface area contributed by atoms with E-state index < -0.39 is 16.0 Å². The number of hydrogen-bond acceptors (Lipinski definition) is 6. The second-order valence-electron chi connectivity index (χ2n) is 7.03. The van der Waals surface area contributed by atoms with Crippen molar-refractivity contribution in [3.05, 3.63) is 53.1 Å². The van der Waals surface area contributed by atoms with Gasteiger partial charge in [-0.3, -0.25) is 4.79 Å². The first kappa shape index (κ1) is 23.1. The van der Waals surface area contributed by atoms with Crippen LogP contribution < -0.4 is 10.1 Å². The topological polar surface area (TPSA) is 102 Å². The van der Waals surface area contributed by atoms with Crippen molar-refractivity contribution < 1.29 is 27.5 Å². The van der Waals surface area contributed by atoms with Crippen molar-refractivity contribution in [3.63, 3.8) is 0 Å². The number of halogens is 1. The average molecular weight is 467 g/mol. The van der Waals surface area contributed by atoms with Gasteiger partial charge in [-0.1, -0.05) is 11.6 Å². The average Bonchev–Trinajstić information content (AvgIpc) is 2.79. The maximum atomic E-state index is 13.0. The predicted molar refractivity (Wildman–Crippen MR) is 116 cm³/mol. The summed E-state index contributed by atoms with van der Waals surface area (Å²) in [4.78, 5) is 24.1. The molecule has 10 heteroatoms. The van der Waals surface area contributed by atoms with E-state index in [-0.39, 0.29) is 35.6 Å². The third kappa shape index (κ3) is 5.17. The van der Waals surface area contributed by atoms with Gasteiger partial charge in [0.1, 0.15) is 10.6 Å². The molecule has 2 aromatic carbocycles. The number of esters is 1.